The zero-order valence-corrected chi connectivity index (χ0v) is 12.7. The highest BCUT2D eigenvalue weighted by atomic mass is 16.2. The Balaban J connectivity index is 1.78. The Bertz CT molecular complexity index is 351. The Hall–Kier alpha value is -1.10. The molecule has 2 heterocycles. The second kappa shape index (κ2) is 7.07. The predicted molar refractivity (Wildman–Crippen MR) is 78.2 cm³/mol. The molecule has 2 aliphatic heterocycles. The summed E-state index contributed by atoms with van der Waals surface area (Å²) in [4.78, 5) is 25.9. The molecule has 114 valence electrons. The predicted octanol–water partition coefficient (Wildman–Crippen LogP) is 0.892. The summed E-state index contributed by atoms with van der Waals surface area (Å²) in [6.45, 7) is 6.52. The van der Waals surface area contributed by atoms with Gasteiger partial charge in [0.05, 0.1) is 0 Å². The Labute approximate surface area is 121 Å². The largest absolute Gasteiger partial charge is 0.353 e. The van der Waals surface area contributed by atoms with Gasteiger partial charge in [-0.25, -0.2) is 0 Å². The van der Waals surface area contributed by atoms with Gasteiger partial charge in [-0.3, -0.25) is 9.59 Å². The number of amides is 2. The van der Waals surface area contributed by atoms with E-state index < -0.39 is 0 Å². The molecule has 2 fully saturated rings. The maximum atomic E-state index is 12.5. The van der Waals surface area contributed by atoms with E-state index in [0.717, 1.165) is 45.3 Å². The van der Waals surface area contributed by atoms with Crippen LogP contribution in [-0.2, 0) is 9.59 Å². The van der Waals surface area contributed by atoms with Crippen LogP contribution in [0.2, 0.25) is 0 Å². The lowest BCUT2D eigenvalue weighted by atomic mass is 9.91. The van der Waals surface area contributed by atoms with Crippen molar-refractivity contribution in [2.75, 3.05) is 19.6 Å². The third-order valence-corrected chi connectivity index (χ3v) is 4.47. The third kappa shape index (κ3) is 3.95. The van der Waals surface area contributed by atoms with E-state index in [2.05, 4.69) is 17.6 Å². The molecule has 2 amide bonds. The Morgan fingerprint density at radius 1 is 1.25 bits per heavy atom. The molecular weight excluding hydrogens is 254 g/mol. The Morgan fingerprint density at radius 2 is 1.95 bits per heavy atom. The van der Waals surface area contributed by atoms with Crippen molar-refractivity contribution in [2.45, 2.75) is 58.0 Å². The minimum Gasteiger partial charge on any atom is -0.353 e. The molecule has 0 bridgehead atoms. The Kier molecular flexibility index (Phi) is 5.40. The van der Waals surface area contributed by atoms with E-state index in [4.69, 9.17) is 0 Å². The molecule has 2 atom stereocenters. The fourth-order valence-corrected chi connectivity index (χ4v) is 3.19. The molecule has 5 nitrogen and oxygen atoms in total. The van der Waals surface area contributed by atoms with Gasteiger partial charge in [0, 0.05) is 37.5 Å². The summed E-state index contributed by atoms with van der Waals surface area (Å²) in [6.07, 6.45) is 4.21. The molecule has 20 heavy (non-hydrogen) atoms. The van der Waals surface area contributed by atoms with Gasteiger partial charge in [0.25, 0.3) is 0 Å². The molecule has 0 radical (unpaired) electrons. The standard InChI is InChI=1S/C15H27N3O2/c1-3-14(19)17-13-5-8-18(9-6-13)15(20)12-4-7-16-11(2)10-12/h11-13,16H,3-10H2,1-2H3,(H,17,19). The van der Waals surface area contributed by atoms with Gasteiger partial charge in [-0.1, -0.05) is 6.92 Å². The molecule has 2 N–H and O–H groups in total. The minimum atomic E-state index is 0.113. The summed E-state index contributed by atoms with van der Waals surface area (Å²) in [5.41, 5.74) is 0. The maximum Gasteiger partial charge on any atom is 0.225 e. The fraction of sp³-hybridized carbons (Fsp3) is 0.867. The second-order valence-corrected chi connectivity index (χ2v) is 6.10. The fourth-order valence-electron chi connectivity index (χ4n) is 3.19. The number of carbonyl (C=O) groups is 2. The van der Waals surface area contributed by atoms with Gasteiger partial charge in [-0.2, -0.15) is 0 Å². The topological polar surface area (TPSA) is 61.4 Å². The van der Waals surface area contributed by atoms with Gasteiger partial charge in [0.2, 0.25) is 11.8 Å². The first-order chi connectivity index (χ1) is 9.60. The molecule has 0 spiro atoms. The average Bonchev–Trinajstić information content (AvgIpc) is 2.47. The number of nitrogens with one attached hydrogen (secondary N) is 2. The van der Waals surface area contributed by atoms with Crippen LogP contribution in [0.4, 0.5) is 0 Å². The molecule has 0 aromatic carbocycles. The lowest BCUT2D eigenvalue weighted by molar-refractivity contribution is -0.137. The molecule has 0 saturated carbocycles. The normalized spacial score (nSPS) is 28.2. The van der Waals surface area contributed by atoms with E-state index in [1.807, 2.05) is 11.8 Å². The van der Waals surface area contributed by atoms with Crippen molar-refractivity contribution in [3.05, 3.63) is 0 Å². The highest BCUT2D eigenvalue weighted by Gasteiger charge is 2.31. The maximum absolute atomic E-state index is 12.5. The summed E-state index contributed by atoms with van der Waals surface area (Å²) in [5, 5.41) is 6.41. The van der Waals surface area contributed by atoms with E-state index in [1.54, 1.807) is 0 Å². The first kappa shape index (κ1) is 15.3. The van der Waals surface area contributed by atoms with Crippen LogP contribution >= 0.6 is 0 Å². The van der Waals surface area contributed by atoms with Crippen molar-refractivity contribution in [2.24, 2.45) is 5.92 Å². The Morgan fingerprint density at radius 3 is 2.55 bits per heavy atom. The molecule has 2 aliphatic rings. The zero-order chi connectivity index (χ0) is 14.5. The van der Waals surface area contributed by atoms with Crippen LogP contribution in [0, 0.1) is 5.92 Å². The lowest BCUT2D eigenvalue weighted by Gasteiger charge is -2.36. The summed E-state index contributed by atoms with van der Waals surface area (Å²) in [5.74, 6) is 0.619. The van der Waals surface area contributed by atoms with Gasteiger partial charge in [0.15, 0.2) is 0 Å². The van der Waals surface area contributed by atoms with Gasteiger partial charge in [0.1, 0.15) is 0 Å². The van der Waals surface area contributed by atoms with Crippen molar-refractivity contribution < 1.29 is 9.59 Å². The molecule has 0 aromatic rings. The van der Waals surface area contributed by atoms with E-state index >= 15 is 0 Å². The number of hydrogen-bond acceptors (Lipinski definition) is 3. The van der Waals surface area contributed by atoms with Gasteiger partial charge in [-0.15, -0.1) is 0 Å². The monoisotopic (exact) mass is 281 g/mol. The van der Waals surface area contributed by atoms with Crippen LogP contribution in [0.15, 0.2) is 0 Å². The minimum absolute atomic E-state index is 0.113. The van der Waals surface area contributed by atoms with Crippen molar-refractivity contribution in [1.82, 2.24) is 15.5 Å². The van der Waals surface area contributed by atoms with E-state index in [0.29, 0.717) is 18.4 Å². The summed E-state index contributed by atoms with van der Waals surface area (Å²) >= 11 is 0. The number of piperidine rings is 2. The molecule has 5 heteroatoms. The summed E-state index contributed by atoms with van der Waals surface area (Å²) in [6, 6.07) is 0.692. The zero-order valence-electron chi connectivity index (χ0n) is 12.7. The van der Waals surface area contributed by atoms with Crippen molar-refractivity contribution in [3.8, 4) is 0 Å². The van der Waals surface area contributed by atoms with Gasteiger partial charge >= 0.3 is 0 Å². The average molecular weight is 281 g/mol. The molecule has 2 rings (SSSR count). The highest BCUT2D eigenvalue weighted by Crippen LogP contribution is 2.21. The van der Waals surface area contributed by atoms with Gasteiger partial charge in [-0.05, 0) is 39.2 Å². The molecule has 2 unspecified atom stereocenters. The smallest absolute Gasteiger partial charge is 0.225 e. The number of carbonyl (C=O) groups excluding carboxylic acids is 2. The molecular formula is C15H27N3O2. The number of rotatable bonds is 3. The summed E-state index contributed by atoms with van der Waals surface area (Å²) < 4.78 is 0. The molecule has 0 aromatic heterocycles. The first-order valence-electron chi connectivity index (χ1n) is 7.91. The van der Waals surface area contributed by atoms with E-state index in [1.165, 1.54) is 0 Å². The van der Waals surface area contributed by atoms with Crippen LogP contribution in [0.1, 0.15) is 46.0 Å². The summed E-state index contributed by atoms with van der Waals surface area (Å²) in [7, 11) is 0. The van der Waals surface area contributed by atoms with Crippen LogP contribution in [-0.4, -0.2) is 48.4 Å². The first-order valence-corrected chi connectivity index (χ1v) is 7.91. The van der Waals surface area contributed by atoms with Crippen LogP contribution in [0.5, 0.6) is 0 Å². The number of nitrogens with zero attached hydrogens (tertiary/aromatic N) is 1. The van der Waals surface area contributed by atoms with Crippen molar-refractivity contribution >= 4 is 11.8 Å². The third-order valence-electron chi connectivity index (χ3n) is 4.47. The lowest BCUT2D eigenvalue weighted by Crippen LogP contribution is -2.50. The molecule has 2 saturated heterocycles. The van der Waals surface area contributed by atoms with Gasteiger partial charge < -0.3 is 15.5 Å². The van der Waals surface area contributed by atoms with Crippen molar-refractivity contribution in [1.29, 1.82) is 0 Å². The number of likely N-dealkylation sites (tertiary alicyclic amines) is 1. The van der Waals surface area contributed by atoms with E-state index in [-0.39, 0.29) is 17.9 Å². The van der Waals surface area contributed by atoms with Crippen LogP contribution in [0.3, 0.4) is 0 Å². The van der Waals surface area contributed by atoms with Crippen LogP contribution in [0.25, 0.3) is 0 Å². The van der Waals surface area contributed by atoms with Crippen molar-refractivity contribution in [3.63, 3.8) is 0 Å². The quantitative estimate of drug-likeness (QED) is 0.808. The highest BCUT2D eigenvalue weighted by molar-refractivity contribution is 5.79. The molecule has 0 aliphatic carbocycles. The van der Waals surface area contributed by atoms with Crippen LogP contribution < -0.4 is 10.6 Å². The second-order valence-electron chi connectivity index (χ2n) is 6.10. The van der Waals surface area contributed by atoms with E-state index in [9.17, 15) is 9.59 Å². The SMILES string of the molecule is CCC(=O)NC1CCN(C(=O)C2CCNC(C)C2)CC1. The number of hydrogen-bond donors (Lipinski definition) is 2.